The van der Waals surface area contributed by atoms with Crippen LogP contribution in [0, 0.1) is 0 Å². The predicted molar refractivity (Wildman–Crippen MR) is 196 cm³/mol. The van der Waals surface area contributed by atoms with Crippen LogP contribution in [0.1, 0.15) is 174 Å². The van der Waals surface area contributed by atoms with Crippen molar-refractivity contribution in [2.45, 2.75) is 187 Å². The zero-order valence-electron chi connectivity index (χ0n) is 31.5. The van der Waals surface area contributed by atoms with E-state index in [1.807, 2.05) is 27.2 Å². The van der Waals surface area contributed by atoms with Crippen molar-refractivity contribution in [1.29, 1.82) is 0 Å². The third kappa shape index (κ3) is 33.5. The zero-order valence-corrected chi connectivity index (χ0v) is 32.4. The van der Waals surface area contributed by atoms with Crippen LogP contribution in [0.3, 0.4) is 0 Å². The van der Waals surface area contributed by atoms with E-state index >= 15 is 0 Å². The number of likely N-dealkylation sites (N-methyl/N-ethyl adjacent to an activating group) is 1. The van der Waals surface area contributed by atoms with Gasteiger partial charge in [-0.05, 0) is 19.3 Å². The minimum absolute atomic E-state index is 0.000624. The molecule has 3 unspecified atom stereocenters. The van der Waals surface area contributed by atoms with Gasteiger partial charge in [0, 0.05) is 6.42 Å². The number of nitrogens with zero attached hydrogens (tertiary/aromatic N) is 1. The molecule has 0 fully saturated rings. The van der Waals surface area contributed by atoms with Crippen molar-refractivity contribution < 1.29 is 32.9 Å². The number of phosphoric ester groups is 1. The maximum atomic E-state index is 12.7. The standard InChI is InChI=1S/C38H77N2O6P/c1-6-8-10-12-13-14-15-16-17-18-19-20-21-22-23-24-25-26-28-30-32-38(42)39-36(37(41)31-29-27-11-9-7-2)35-46-47(43,44)45-34-33-40(3,4)5/h29,31,36-37,41H,6-28,30,32-35H2,1-5H3,(H-,39,42,43,44)/b31-29+. The fourth-order valence-electron chi connectivity index (χ4n) is 5.56. The van der Waals surface area contributed by atoms with E-state index in [0.717, 1.165) is 44.9 Å². The second-order valence-electron chi connectivity index (χ2n) is 14.6. The molecule has 0 spiro atoms. The molecule has 0 saturated heterocycles. The predicted octanol–water partition coefficient (Wildman–Crippen LogP) is 9.39. The lowest BCUT2D eigenvalue weighted by atomic mass is 10.0. The van der Waals surface area contributed by atoms with E-state index in [9.17, 15) is 19.4 Å². The van der Waals surface area contributed by atoms with Crippen LogP contribution >= 0.6 is 7.82 Å². The van der Waals surface area contributed by atoms with Gasteiger partial charge in [0.1, 0.15) is 13.2 Å². The van der Waals surface area contributed by atoms with Gasteiger partial charge >= 0.3 is 0 Å². The van der Waals surface area contributed by atoms with Gasteiger partial charge in [-0.1, -0.05) is 161 Å². The van der Waals surface area contributed by atoms with Gasteiger partial charge in [-0.3, -0.25) is 9.36 Å². The third-order valence-corrected chi connectivity index (χ3v) is 9.71. The summed E-state index contributed by atoms with van der Waals surface area (Å²) in [5.74, 6) is -0.203. The van der Waals surface area contributed by atoms with Crippen molar-refractivity contribution in [3.63, 3.8) is 0 Å². The molecule has 0 aliphatic carbocycles. The Morgan fingerprint density at radius 2 is 1.15 bits per heavy atom. The fraction of sp³-hybridized carbons (Fsp3) is 0.921. The summed E-state index contributed by atoms with van der Waals surface area (Å²) in [5, 5.41) is 13.5. The molecule has 2 N–H and O–H groups in total. The Bertz CT molecular complexity index is 789. The largest absolute Gasteiger partial charge is 0.756 e. The number of phosphoric acid groups is 1. The third-order valence-electron chi connectivity index (χ3n) is 8.75. The molecule has 0 aliphatic heterocycles. The number of quaternary nitrogens is 1. The molecular weight excluding hydrogens is 611 g/mol. The SMILES string of the molecule is CCCCC/C=C/C(O)C(COP(=O)([O-])OCC[N+](C)(C)C)NC(=O)CCCCCCCCCCCCCCCCCCCCCC. The number of nitrogens with one attached hydrogen (secondary N) is 1. The van der Waals surface area contributed by atoms with Crippen LogP contribution in [-0.4, -0.2) is 68.5 Å². The number of carbonyl (C=O) groups excluding carboxylic acids is 1. The lowest BCUT2D eigenvalue weighted by Gasteiger charge is -2.29. The second-order valence-corrected chi connectivity index (χ2v) is 16.1. The van der Waals surface area contributed by atoms with Crippen LogP contribution in [0.4, 0.5) is 0 Å². The fourth-order valence-corrected chi connectivity index (χ4v) is 6.29. The molecule has 3 atom stereocenters. The Labute approximate surface area is 291 Å². The number of amides is 1. The van der Waals surface area contributed by atoms with Crippen LogP contribution in [-0.2, 0) is 18.4 Å². The summed E-state index contributed by atoms with van der Waals surface area (Å²) in [6.45, 7) is 4.53. The topological polar surface area (TPSA) is 108 Å². The Balaban J connectivity index is 4.11. The number of hydrogen-bond donors (Lipinski definition) is 2. The van der Waals surface area contributed by atoms with Crippen molar-refractivity contribution in [2.75, 3.05) is 40.9 Å². The van der Waals surface area contributed by atoms with Crippen molar-refractivity contribution in [3.05, 3.63) is 12.2 Å². The van der Waals surface area contributed by atoms with Gasteiger partial charge < -0.3 is 28.8 Å². The molecule has 0 aromatic rings. The van der Waals surface area contributed by atoms with Gasteiger partial charge in [0.2, 0.25) is 5.91 Å². The number of allylic oxidation sites excluding steroid dienone is 1. The molecule has 47 heavy (non-hydrogen) atoms. The Morgan fingerprint density at radius 3 is 1.60 bits per heavy atom. The first-order valence-corrected chi connectivity index (χ1v) is 21.0. The summed E-state index contributed by atoms with van der Waals surface area (Å²) in [7, 11) is 1.26. The lowest BCUT2D eigenvalue weighted by Crippen LogP contribution is -2.45. The molecule has 0 bridgehead atoms. The molecule has 0 aliphatic rings. The van der Waals surface area contributed by atoms with Crippen molar-refractivity contribution in [2.24, 2.45) is 0 Å². The highest BCUT2D eigenvalue weighted by molar-refractivity contribution is 7.45. The van der Waals surface area contributed by atoms with Crippen LogP contribution in [0.25, 0.3) is 0 Å². The van der Waals surface area contributed by atoms with Gasteiger partial charge in [0.25, 0.3) is 7.82 Å². The van der Waals surface area contributed by atoms with E-state index in [0.29, 0.717) is 17.4 Å². The number of carbonyl (C=O) groups is 1. The first-order chi connectivity index (χ1) is 22.5. The van der Waals surface area contributed by atoms with Crippen LogP contribution in [0.15, 0.2) is 12.2 Å². The van der Waals surface area contributed by atoms with Gasteiger partial charge in [0.15, 0.2) is 0 Å². The Kier molecular flexibility index (Phi) is 30.7. The maximum Gasteiger partial charge on any atom is 0.268 e. The van der Waals surface area contributed by atoms with Crippen LogP contribution < -0.4 is 10.2 Å². The van der Waals surface area contributed by atoms with E-state index in [-0.39, 0.29) is 19.1 Å². The number of unbranched alkanes of at least 4 members (excludes halogenated alkanes) is 22. The highest BCUT2D eigenvalue weighted by Gasteiger charge is 2.23. The molecule has 0 heterocycles. The molecule has 0 rings (SSSR count). The number of rotatable bonds is 35. The molecular formula is C38H77N2O6P. The van der Waals surface area contributed by atoms with Gasteiger partial charge in [-0.25, -0.2) is 0 Å². The normalized spacial score (nSPS) is 14.8. The average molecular weight is 689 g/mol. The number of aliphatic hydroxyl groups excluding tert-OH is 1. The molecule has 1 amide bonds. The zero-order chi connectivity index (χ0) is 35.1. The summed E-state index contributed by atoms with van der Waals surface area (Å²) in [4.78, 5) is 25.0. The number of aliphatic hydroxyl groups is 1. The molecule has 280 valence electrons. The Morgan fingerprint density at radius 1 is 0.723 bits per heavy atom. The summed E-state index contributed by atoms with van der Waals surface area (Å²) in [6.07, 6.45) is 33.0. The Hall–Kier alpha value is -0.760. The molecule has 0 radical (unpaired) electrons. The van der Waals surface area contributed by atoms with E-state index in [1.165, 1.54) is 109 Å². The molecule has 0 aromatic carbocycles. The molecule has 9 heteroatoms. The van der Waals surface area contributed by atoms with Crippen molar-refractivity contribution in [1.82, 2.24) is 5.32 Å². The van der Waals surface area contributed by atoms with E-state index < -0.39 is 20.0 Å². The molecule has 0 aromatic heterocycles. The van der Waals surface area contributed by atoms with Crippen LogP contribution in [0.2, 0.25) is 0 Å². The number of hydrogen-bond acceptors (Lipinski definition) is 6. The van der Waals surface area contributed by atoms with Crippen LogP contribution in [0.5, 0.6) is 0 Å². The summed E-state index contributed by atoms with van der Waals surface area (Å²) < 4.78 is 22.9. The lowest BCUT2D eigenvalue weighted by molar-refractivity contribution is -0.870. The smallest absolute Gasteiger partial charge is 0.268 e. The summed E-state index contributed by atoms with van der Waals surface area (Å²) >= 11 is 0. The van der Waals surface area contributed by atoms with Gasteiger partial charge in [0.05, 0.1) is 39.9 Å². The minimum Gasteiger partial charge on any atom is -0.756 e. The highest BCUT2D eigenvalue weighted by Crippen LogP contribution is 2.38. The van der Waals surface area contributed by atoms with E-state index in [2.05, 4.69) is 19.2 Å². The quantitative estimate of drug-likeness (QED) is 0.0297. The summed E-state index contributed by atoms with van der Waals surface area (Å²) in [6, 6.07) is -0.876. The van der Waals surface area contributed by atoms with E-state index in [4.69, 9.17) is 9.05 Å². The van der Waals surface area contributed by atoms with Gasteiger partial charge in [-0.2, -0.15) is 0 Å². The molecule has 8 nitrogen and oxygen atoms in total. The highest BCUT2D eigenvalue weighted by atomic mass is 31.2. The first kappa shape index (κ1) is 46.2. The maximum absolute atomic E-state index is 12.7. The molecule has 0 saturated carbocycles. The second kappa shape index (κ2) is 31.2. The van der Waals surface area contributed by atoms with Gasteiger partial charge in [-0.15, -0.1) is 0 Å². The summed E-state index contributed by atoms with van der Waals surface area (Å²) in [5.41, 5.74) is 0. The van der Waals surface area contributed by atoms with Crippen molar-refractivity contribution in [3.8, 4) is 0 Å². The first-order valence-electron chi connectivity index (χ1n) is 19.6. The van der Waals surface area contributed by atoms with Crippen molar-refractivity contribution >= 4 is 13.7 Å². The average Bonchev–Trinajstić information content (AvgIpc) is 3.01. The minimum atomic E-state index is -4.56. The monoisotopic (exact) mass is 689 g/mol. The van der Waals surface area contributed by atoms with E-state index in [1.54, 1.807) is 6.08 Å².